The number of carbonyl (C=O) groups excluding carboxylic acids is 1. The minimum atomic E-state index is -0.0193. The van der Waals surface area contributed by atoms with Crippen molar-refractivity contribution in [3.63, 3.8) is 0 Å². The SMILES string of the molecule is CCOCC(=O)N(C)CC(C)N. The van der Waals surface area contributed by atoms with Crippen LogP contribution in [-0.2, 0) is 9.53 Å². The fourth-order valence-corrected chi connectivity index (χ4v) is 0.833. The molecular formula is C8H18N2O2. The van der Waals surface area contributed by atoms with Crippen molar-refractivity contribution in [1.29, 1.82) is 0 Å². The topological polar surface area (TPSA) is 55.6 Å². The minimum absolute atomic E-state index is 0.0144. The van der Waals surface area contributed by atoms with Gasteiger partial charge in [0.05, 0.1) is 0 Å². The summed E-state index contributed by atoms with van der Waals surface area (Å²) in [5.74, 6) is -0.0193. The molecule has 4 heteroatoms. The summed E-state index contributed by atoms with van der Waals surface area (Å²) in [6.45, 7) is 5.02. The molecular weight excluding hydrogens is 156 g/mol. The van der Waals surface area contributed by atoms with Crippen LogP contribution in [0.15, 0.2) is 0 Å². The van der Waals surface area contributed by atoms with E-state index in [4.69, 9.17) is 10.5 Å². The molecule has 0 aliphatic carbocycles. The highest BCUT2D eigenvalue weighted by Gasteiger charge is 2.09. The molecule has 72 valence electrons. The molecule has 0 aliphatic heterocycles. The lowest BCUT2D eigenvalue weighted by atomic mass is 10.3. The Kier molecular flexibility index (Phi) is 5.66. The number of amides is 1. The first-order valence-electron chi connectivity index (χ1n) is 4.15. The first kappa shape index (κ1) is 11.4. The van der Waals surface area contributed by atoms with Crippen molar-refractivity contribution in [3.8, 4) is 0 Å². The van der Waals surface area contributed by atoms with Gasteiger partial charge in [-0.2, -0.15) is 0 Å². The molecule has 0 aromatic heterocycles. The Hall–Kier alpha value is -0.610. The van der Waals surface area contributed by atoms with E-state index in [1.54, 1.807) is 11.9 Å². The second-order valence-corrected chi connectivity index (χ2v) is 2.89. The molecule has 0 aliphatic rings. The van der Waals surface area contributed by atoms with Crippen molar-refractivity contribution in [2.24, 2.45) is 5.73 Å². The molecule has 1 unspecified atom stereocenters. The second-order valence-electron chi connectivity index (χ2n) is 2.89. The number of nitrogens with zero attached hydrogens (tertiary/aromatic N) is 1. The van der Waals surface area contributed by atoms with Gasteiger partial charge in [-0.15, -0.1) is 0 Å². The number of carbonyl (C=O) groups is 1. The summed E-state index contributed by atoms with van der Waals surface area (Å²) < 4.78 is 4.97. The van der Waals surface area contributed by atoms with Crippen LogP contribution in [0.1, 0.15) is 13.8 Å². The normalized spacial score (nSPS) is 12.7. The van der Waals surface area contributed by atoms with Gasteiger partial charge in [0.2, 0.25) is 5.91 Å². The molecule has 0 saturated heterocycles. The van der Waals surface area contributed by atoms with Crippen LogP contribution in [0.3, 0.4) is 0 Å². The van der Waals surface area contributed by atoms with Crippen molar-refractivity contribution in [2.45, 2.75) is 19.9 Å². The fraction of sp³-hybridized carbons (Fsp3) is 0.875. The van der Waals surface area contributed by atoms with E-state index in [-0.39, 0.29) is 18.6 Å². The molecule has 1 atom stereocenters. The Labute approximate surface area is 73.7 Å². The molecule has 0 rings (SSSR count). The van der Waals surface area contributed by atoms with E-state index in [9.17, 15) is 4.79 Å². The summed E-state index contributed by atoms with van der Waals surface area (Å²) in [4.78, 5) is 12.8. The van der Waals surface area contributed by atoms with Gasteiger partial charge in [-0.3, -0.25) is 4.79 Å². The summed E-state index contributed by atoms with van der Waals surface area (Å²) in [7, 11) is 1.73. The van der Waals surface area contributed by atoms with Gasteiger partial charge in [-0.1, -0.05) is 0 Å². The lowest BCUT2D eigenvalue weighted by Gasteiger charge is -2.18. The van der Waals surface area contributed by atoms with Gasteiger partial charge in [-0.05, 0) is 13.8 Å². The third-order valence-electron chi connectivity index (χ3n) is 1.42. The molecule has 2 N–H and O–H groups in total. The van der Waals surface area contributed by atoms with Crippen molar-refractivity contribution in [3.05, 3.63) is 0 Å². The van der Waals surface area contributed by atoms with Gasteiger partial charge in [0.25, 0.3) is 0 Å². The van der Waals surface area contributed by atoms with Gasteiger partial charge in [-0.25, -0.2) is 0 Å². The van der Waals surface area contributed by atoms with Crippen LogP contribution in [0.2, 0.25) is 0 Å². The Morgan fingerprint density at radius 1 is 1.67 bits per heavy atom. The molecule has 0 aromatic carbocycles. The summed E-state index contributed by atoms with van der Waals surface area (Å²) in [5.41, 5.74) is 5.53. The molecule has 1 amide bonds. The first-order valence-corrected chi connectivity index (χ1v) is 4.15. The Balaban J connectivity index is 3.61. The van der Waals surface area contributed by atoms with E-state index in [0.29, 0.717) is 13.2 Å². The summed E-state index contributed by atoms with van der Waals surface area (Å²) in [5, 5.41) is 0. The quantitative estimate of drug-likeness (QED) is 0.629. The van der Waals surface area contributed by atoms with Crippen molar-refractivity contribution >= 4 is 5.91 Å². The maximum atomic E-state index is 11.2. The minimum Gasteiger partial charge on any atom is -0.372 e. The second kappa shape index (κ2) is 5.97. The number of likely N-dealkylation sites (N-methyl/N-ethyl adjacent to an activating group) is 1. The van der Waals surface area contributed by atoms with Crippen molar-refractivity contribution < 1.29 is 9.53 Å². The average molecular weight is 174 g/mol. The highest BCUT2D eigenvalue weighted by atomic mass is 16.5. The Morgan fingerprint density at radius 2 is 2.25 bits per heavy atom. The Bertz CT molecular complexity index is 137. The zero-order valence-electron chi connectivity index (χ0n) is 8.04. The predicted molar refractivity (Wildman–Crippen MR) is 47.8 cm³/mol. The van der Waals surface area contributed by atoms with Gasteiger partial charge >= 0.3 is 0 Å². The summed E-state index contributed by atoms with van der Waals surface area (Å²) >= 11 is 0. The van der Waals surface area contributed by atoms with E-state index in [0.717, 1.165) is 0 Å². The summed E-state index contributed by atoms with van der Waals surface area (Å²) in [6, 6.07) is 0.0144. The maximum Gasteiger partial charge on any atom is 0.248 e. The molecule has 4 nitrogen and oxygen atoms in total. The number of hydrogen-bond donors (Lipinski definition) is 1. The van der Waals surface area contributed by atoms with Gasteiger partial charge in [0, 0.05) is 26.2 Å². The molecule has 0 fully saturated rings. The number of rotatable bonds is 5. The van der Waals surface area contributed by atoms with Crippen LogP contribution < -0.4 is 5.73 Å². The summed E-state index contributed by atoms with van der Waals surface area (Å²) in [6.07, 6.45) is 0. The molecule has 0 radical (unpaired) electrons. The van der Waals surface area contributed by atoms with E-state index < -0.39 is 0 Å². The smallest absolute Gasteiger partial charge is 0.248 e. The van der Waals surface area contributed by atoms with Crippen LogP contribution in [0.5, 0.6) is 0 Å². The highest BCUT2D eigenvalue weighted by Crippen LogP contribution is 1.88. The first-order chi connectivity index (χ1) is 5.57. The molecule has 0 bridgehead atoms. The molecule has 0 saturated carbocycles. The highest BCUT2D eigenvalue weighted by molar-refractivity contribution is 5.77. The molecule has 0 spiro atoms. The van der Waals surface area contributed by atoms with Crippen LogP contribution in [0, 0.1) is 0 Å². The molecule has 12 heavy (non-hydrogen) atoms. The molecule has 0 aromatic rings. The number of ether oxygens (including phenoxy) is 1. The fourth-order valence-electron chi connectivity index (χ4n) is 0.833. The lowest BCUT2D eigenvalue weighted by molar-refractivity contribution is -0.134. The monoisotopic (exact) mass is 174 g/mol. The Morgan fingerprint density at radius 3 is 2.67 bits per heavy atom. The van der Waals surface area contributed by atoms with Gasteiger partial charge in [0.1, 0.15) is 6.61 Å². The third-order valence-corrected chi connectivity index (χ3v) is 1.42. The van der Waals surface area contributed by atoms with E-state index in [1.165, 1.54) is 0 Å². The maximum absolute atomic E-state index is 11.2. The van der Waals surface area contributed by atoms with Crippen molar-refractivity contribution in [2.75, 3.05) is 26.8 Å². The van der Waals surface area contributed by atoms with Crippen molar-refractivity contribution in [1.82, 2.24) is 4.90 Å². The predicted octanol–water partition coefficient (Wildman–Crippen LogP) is -0.171. The number of hydrogen-bond acceptors (Lipinski definition) is 3. The zero-order valence-corrected chi connectivity index (χ0v) is 8.04. The van der Waals surface area contributed by atoms with E-state index in [2.05, 4.69) is 0 Å². The zero-order chi connectivity index (χ0) is 9.56. The van der Waals surface area contributed by atoms with Gasteiger partial charge in [0.15, 0.2) is 0 Å². The van der Waals surface area contributed by atoms with Crippen LogP contribution in [0.25, 0.3) is 0 Å². The average Bonchev–Trinajstić information content (AvgIpc) is 1.98. The largest absolute Gasteiger partial charge is 0.372 e. The third kappa shape index (κ3) is 5.09. The van der Waals surface area contributed by atoms with E-state index >= 15 is 0 Å². The van der Waals surface area contributed by atoms with E-state index in [1.807, 2.05) is 13.8 Å². The number of nitrogens with two attached hydrogens (primary N) is 1. The van der Waals surface area contributed by atoms with Crippen LogP contribution >= 0.6 is 0 Å². The van der Waals surface area contributed by atoms with Crippen LogP contribution in [0.4, 0.5) is 0 Å². The lowest BCUT2D eigenvalue weighted by Crippen LogP contribution is -2.38. The standard InChI is InChI=1S/C8H18N2O2/c1-4-12-6-8(11)10(3)5-7(2)9/h7H,4-6,9H2,1-3H3. The van der Waals surface area contributed by atoms with Crippen LogP contribution in [-0.4, -0.2) is 43.7 Å². The van der Waals surface area contributed by atoms with Gasteiger partial charge < -0.3 is 15.4 Å². The molecule has 0 heterocycles.